The van der Waals surface area contributed by atoms with Crippen molar-refractivity contribution in [2.24, 2.45) is 0 Å². The molecule has 0 fully saturated rings. The van der Waals surface area contributed by atoms with E-state index in [0.717, 1.165) is 19.4 Å². The summed E-state index contributed by atoms with van der Waals surface area (Å²) in [5, 5.41) is 12.8. The molecule has 1 rings (SSSR count). The van der Waals surface area contributed by atoms with Crippen LogP contribution in [0.2, 0.25) is 0 Å². The van der Waals surface area contributed by atoms with Crippen molar-refractivity contribution in [3.05, 3.63) is 12.2 Å². The molecule has 2 nitrogen and oxygen atoms in total. The number of allylic oxidation sites excluding steroid dienone is 1. The molecule has 0 heterocycles. The highest BCUT2D eigenvalue weighted by Gasteiger charge is 2.07. The summed E-state index contributed by atoms with van der Waals surface area (Å²) in [6.07, 6.45) is 9.89. The van der Waals surface area contributed by atoms with Gasteiger partial charge in [-0.15, -0.1) is 0 Å². The Kier molecular flexibility index (Phi) is 5.09. The Labute approximate surface area is 81.0 Å². The normalized spacial score (nSPS) is 24.6. The molecule has 2 unspecified atom stereocenters. The molecule has 0 radical (unpaired) electrons. The Morgan fingerprint density at radius 1 is 1.62 bits per heavy atom. The Balaban J connectivity index is 2.04. The first-order chi connectivity index (χ1) is 6.33. The average molecular weight is 183 g/mol. The Hall–Kier alpha value is -0.340. The van der Waals surface area contributed by atoms with E-state index >= 15 is 0 Å². The van der Waals surface area contributed by atoms with Gasteiger partial charge in [0, 0.05) is 6.04 Å². The lowest BCUT2D eigenvalue weighted by atomic mass is 10.0. The monoisotopic (exact) mass is 183 g/mol. The summed E-state index contributed by atoms with van der Waals surface area (Å²) in [5.74, 6) is 0. The van der Waals surface area contributed by atoms with Crippen LogP contribution >= 0.6 is 0 Å². The molecule has 2 atom stereocenters. The fourth-order valence-corrected chi connectivity index (χ4v) is 1.62. The molecular formula is C11H21NO. The minimum atomic E-state index is -0.125. The highest BCUT2D eigenvalue weighted by atomic mass is 16.3. The minimum absolute atomic E-state index is 0.125. The van der Waals surface area contributed by atoms with Crippen LogP contribution in [0.3, 0.4) is 0 Å². The molecule has 0 saturated carbocycles. The van der Waals surface area contributed by atoms with Crippen molar-refractivity contribution in [1.82, 2.24) is 5.32 Å². The van der Waals surface area contributed by atoms with Gasteiger partial charge in [-0.2, -0.15) is 0 Å². The van der Waals surface area contributed by atoms with E-state index in [1.807, 2.05) is 6.92 Å². The minimum Gasteiger partial charge on any atom is -0.393 e. The van der Waals surface area contributed by atoms with Crippen LogP contribution in [-0.4, -0.2) is 23.8 Å². The van der Waals surface area contributed by atoms with Gasteiger partial charge in [-0.1, -0.05) is 19.1 Å². The number of aliphatic hydroxyl groups is 1. The number of aliphatic hydroxyl groups excluding tert-OH is 1. The maximum Gasteiger partial charge on any atom is 0.0549 e. The molecule has 0 bridgehead atoms. The summed E-state index contributed by atoms with van der Waals surface area (Å²) in [7, 11) is 0. The van der Waals surface area contributed by atoms with Crippen molar-refractivity contribution in [1.29, 1.82) is 0 Å². The summed E-state index contributed by atoms with van der Waals surface area (Å²) >= 11 is 0. The standard InChI is InChI=1S/C11H21NO/c1-2-11(13)8-9-12-10-6-4-3-5-7-10/h4,6,10-13H,2-3,5,7-9H2,1H3. The van der Waals surface area contributed by atoms with Crippen molar-refractivity contribution in [3.63, 3.8) is 0 Å². The summed E-state index contributed by atoms with van der Waals surface area (Å²) in [6.45, 7) is 2.95. The van der Waals surface area contributed by atoms with Gasteiger partial charge in [0.15, 0.2) is 0 Å². The van der Waals surface area contributed by atoms with Crippen molar-refractivity contribution < 1.29 is 5.11 Å². The third-order valence-electron chi connectivity index (χ3n) is 2.61. The molecular weight excluding hydrogens is 162 g/mol. The van der Waals surface area contributed by atoms with Crippen molar-refractivity contribution in [2.45, 2.75) is 51.2 Å². The van der Waals surface area contributed by atoms with Crippen molar-refractivity contribution in [2.75, 3.05) is 6.54 Å². The van der Waals surface area contributed by atoms with Gasteiger partial charge in [-0.3, -0.25) is 0 Å². The van der Waals surface area contributed by atoms with Crippen molar-refractivity contribution in [3.8, 4) is 0 Å². The lowest BCUT2D eigenvalue weighted by Gasteiger charge is -2.18. The van der Waals surface area contributed by atoms with Crippen LogP contribution < -0.4 is 5.32 Å². The summed E-state index contributed by atoms with van der Waals surface area (Å²) in [4.78, 5) is 0. The highest BCUT2D eigenvalue weighted by Crippen LogP contribution is 2.10. The fourth-order valence-electron chi connectivity index (χ4n) is 1.62. The molecule has 0 aliphatic heterocycles. The zero-order valence-electron chi connectivity index (χ0n) is 8.50. The fraction of sp³-hybridized carbons (Fsp3) is 0.818. The van der Waals surface area contributed by atoms with Crippen LogP contribution in [-0.2, 0) is 0 Å². The first-order valence-electron chi connectivity index (χ1n) is 5.41. The first-order valence-corrected chi connectivity index (χ1v) is 5.41. The SMILES string of the molecule is CCC(O)CCNC1C=CCCC1. The molecule has 2 N–H and O–H groups in total. The van der Waals surface area contributed by atoms with Crippen LogP contribution in [0.25, 0.3) is 0 Å². The van der Waals surface area contributed by atoms with Gasteiger partial charge in [-0.05, 0) is 38.6 Å². The molecule has 2 heteroatoms. The zero-order valence-corrected chi connectivity index (χ0v) is 8.50. The smallest absolute Gasteiger partial charge is 0.0549 e. The molecule has 0 aromatic rings. The lowest BCUT2D eigenvalue weighted by molar-refractivity contribution is 0.159. The van der Waals surface area contributed by atoms with E-state index in [0.29, 0.717) is 6.04 Å². The predicted molar refractivity (Wildman–Crippen MR) is 55.7 cm³/mol. The third kappa shape index (κ3) is 4.44. The van der Waals surface area contributed by atoms with E-state index in [4.69, 9.17) is 0 Å². The molecule has 0 spiro atoms. The van der Waals surface area contributed by atoms with Crippen LogP contribution in [0, 0.1) is 0 Å². The van der Waals surface area contributed by atoms with Crippen LogP contribution in [0.15, 0.2) is 12.2 Å². The van der Waals surface area contributed by atoms with E-state index in [1.165, 1.54) is 19.3 Å². The zero-order chi connectivity index (χ0) is 9.52. The molecule has 1 aliphatic rings. The van der Waals surface area contributed by atoms with Gasteiger partial charge in [-0.25, -0.2) is 0 Å². The van der Waals surface area contributed by atoms with Gasteiger partial charge in [0.25, 0.3) is 0 Å². The van der Waals surface area contributed by atoms with Crippen LogP contribution in [0.4, 0.5) is 0 Å². The second-order valence-electron chi connectivity index (χ2n) is 3.77. The van der Waals surface area contributed by atoms with E-state index in [9.17, 15) is 5.11 Å². The summed E-state index contributed by atoms with van der Waals surface area (Å²) in [6, 6.07) is 0.554. The molecule has 0 amide bonds. The summed E-state index contributed by atoms with van der Waals surface area (Å²) in [5.41, 5.74) is 0. The Morgan fingerprint density at radius 3 is 3.08 bits per heavy atom. The maximum atomic E-state index is 9.33. The molecule has 76 valence electrons. The topological polar surface area (TPSA) is 32.3 Å². The van der Waals surface area contributed by atoms with Gasteiger partial charge < -0.3 is 10.4 Å². The highest BCUT2D eigenvalue weighted by molar-refractivity contribution is 4.97. The Bertz CT molecular complexity index is 156. The third-order valence-corrected chi connectivity index (χ3v) is 2.61. The lowest BCUT2D eigenvalue weighted by Crippen LogP contribution is -2.30. The molecule has 0 aromatic carbocycles. The quantitative estimate of drug-likeness (QED) is 0.637. The molecule has 0 saturated heterocycles. The van der Waals surface area contributed by atoms with E-state index < -0.39 is 0 Å². The molecule has 1 aliphatic carbocycles. The number of rotatable bonds is 5. The van der Waals surface area contributed by atoms with Gasteiger partial charge >= 0.3 is 0 Å². The Morgan fingerprint density at radius 2 is 2.46 bits per heavy atom. The number of nitrogens with one attached hydrogen (secondary N) is 1. The maximum absolute atomic E-state index is 9.33. The largest absolute Gasteiger partial charge is 0.393 e. The predicted octanol–water partition coefficient (Wildman–Crippen LogP) is 1.85. The summed E-state index contributed by atoms with van der Waals surface area (Å²) < 4.78 is 0. The number of hydrogen-bond acceptors (Lipinski definition) is 2. The second-order valence-corrected chi connectivity index (χ2v) is 3.77. The van der Waals surface area contributed by atoms with Gasteiger partial charge in [0.2, 0.25) is 0 Å². The second kappa shape index (κ2) is 6.17. The first kappa shape index (κ1) is 10.7. The van der Waals surface area contributed by atoms with E-state index in [1.54, 1.807) is 0 Å². The van der Waals surface area contributed by atoms with Gasteiger partial charge in [0.05, 0.1) is 6.10 Å². The van der Waals surface area contributed by atoms with Crippen molar-refractivity contribution >= 4 is 0 Å². The van der Waals surface area contributed by atoms with Crippen LogP contribution in [0.5, 0.6) is 0 Å². The number of hydrogen-bond donors (Lipinski definition) is 2. The van der Waals surface area contributed by atoms with Crippen LogP contribution in [0.1, 0.15) is 39.0 Å². The van der Waals surface area contributed by atoms with E-state index in [-0.39, 0.29) is 6.10 Å². The van der Waals surface area contributed by atoms with Gasteiger partial charge in [0.1, 0.15) is 0 Å². The molecule has 0 aromatic heterocycles. The van der Waals surface area contributed by atoms with E-state index in [2.05, 4.69) is 17.5 Å². The average Bonchev–Trinajstić information content (AvgIpc) is 2.19. The molecule has 13 heavy (non-hydrogen) atoms.